The highest BCUT2D eigenvalue weighted by Crippen LogP contribution is 2.26. The first kappa shape index (κ1) is 22.3. The third kappa shape index (κ3) is 5.04. The molecule has 1 N–H and O–H groups in total. The van der Waals surface area contributed by atoms with E-state index >= 15 is 0 Å². The zero-order valence-electron chi connectivity index (χ0n) is 19.4. The number of hydrogen-bond donors (Lipinski definition) is 1. The van der Waals surface area contributed by atoms with Crippen molar-refractivity contribution in [2.24, 2.45) is 0 Å². The number of fused-ring (bicyclic) bond motifs is 1. The summed E-state index contributed by atoms with van der Waals surface area (Å²) in [6.07, 6.45) is 2.81. The molecule has 7 nitrogen and oxygen atoms in total. The quantitative estimate of drug-likeness (QED) is 0.592. The molecule has 5 rings (SSSR count). The molecular formula is C27H31N5O2. The molecule has 0 unspecified atom stereocenters. The number of hydrogen-bond acceptors (Lipinski definition) is 4. The van der Waals surface area contributed by atoms with Crippen LogP contribution in [0.1, 0.15) is 39.3 Å². The van der Waals surface area contributed by atoms with Gasteiger partial charge in [0.25, 0.3) is 5.91 Å². The van der Waals surface area contributed by atoms with E-state index in [1.165, 1.54) is 16.8 Å². The molecule has 2 amide bonds. The maximum absolute atomic E-state index is 13.4. The number of aromatic nitrogens is 2. The smallest absolute Gasteiger partial charge is 0.275 e. The average Bonchev–Trinajstić information content (AvgIpc) is 3.22. The molecule has 176 valence electrons. The Labute approximate surface area is 200 Å². The van der Waals surface area contributed by atoms with Crippen LogP contribution in [0.5, 0.6) is 0 Å². The maximum Gasteiger partial charge on any atom is 0.275 e. The topological polar surface area (TPSA) is 70.5 Å². The van der Waals surface area contributed by atoms with Crippen LogP contribution in [0.4, 0.5) is 0 Å². The predicted octanol–water partition coefficient (Wildman–Crippen LogP) is 2.65. The molecule has 0 saturated carbocycles. The summed E-state index contributed by atoms with van der Waals surface area (Å²) in [5.41, 5.74) is 5.29. The Balaban J connectivity index is 1.37. The van der Waals surface area contributed by atoms with Crippen LogP contribution in [-0.2, 0) is 37.3 Å². The zero-order valence-corrected chi connectivity index (χ0v) is 19.4. The van der Waals surface area contributed by atoms with Crippen molar-refractivity contribution < 1.29 is 9.59 Å². The summed E-state index contributed by atoms with van der Waals surface area (Å²) in [5, 5.41) is 7.63. The van der Waals surface area contributed by atoms with Gasteiger partial charge in [-0.3, -0.25) is 19.2 Å². The van der Waals surface area contributed by atoms with Crippen LogP contribution in [0.15, 0.2) is 60.7 Å². The summed E-state index contributed by atoms with van der Waals surface area (Å²) in [4.78, 5) is 29.4. The fourth-order valence-electron chi connectivity index (χ4n) is 4.92. The van der Waals surface area contributed by atoms with Crippen LogP contribution in [0.3, 0.4) is 0 Å². The van der Waals surface area contributed by atoms with Gasteiger partial charge in [-0.05, 0) is 24.0 Å². The van der Waals surface area contributed by atoms with Gasteiger partial charge in [0.15, 0.2) is 5.69 Å². The molecule has 1 aromatic heterocycles. The van der Waals surface area contributed by atoms with Crippen molar-refractivity contribution in [2.75, 3.05) is 26.2 Å². The number of benzene rings is 2. The first-order valence-corrected chi connectivity index (χ1v) is 12.1. The van der Waals surface area contributed by atoms with Crippen molar-refractivity contribution in [3.05, 3.63) is 88.7 Å². The highest BCUT2D eigenvalue weighted by atomic mass is 16.2. The van der Waals surface area contributed by atoms with Gasteiger partial charge in [-0.15, -0.1) is 0 Å². The van der Waals surface area contributed by atoms with Crippen LogP contribution in [0, 0.1) is 0 Å². The molecule has 0 aliphatic carbocycles. The van der Waals surface area contributed by atoms with E-state index in [2.05, 4.69) is 63.4 Å². The number of rotatable bonds is 7. The molecule has 7 heteroatoms. The van der Waals surface area contributed by atoms with E-state index in [1.54, 1.807) is 4.90 Å². The van der Waals surface area contributed by atoms with Crippen molar-refractivity contribution in [3.8, 4) is 0 Å². The minimum Gasteiger partial charge on any atom is -0.353 e. The summed E-state index contributed by atoms with van der Waals surface area (Å²) in [6.45, 7) is 4.37. The summed E-state index contributed by atoms with van der Waals surface area (Å²) in [6, 6.07) is 20.9. The largest absolute Gasteiger partial charge is 0.353 e. The molecule has 0 bridgehead atoms. The second-order valence-corrected chi connectivity index (χ2v) is 9.11. The van der Waals surface area contributed by atoms with Crippen molar-refractivity contribution >= 4 is 11.8 Å². The van der Waals surface area contributed by atoms with Crippen LogP contribution in [0.2, 0.25) is 0 Å². The minimum absolute atomic E-state index is 0.0994. The summed E-state index contributed by atoms with van der Waals surface area (Å²) < 4.78 is 2.05. The standard InChI is InChI=1S/C27H31N5O2/c33-25-20-31(17-14-28-25)27(34)26-23-19-30(18-22-10-5-2-6-11-22)16-13-24(23)32(29-26)15-7-12-21-8-3-1-4-9-21/h1-6,8-11H,7,12-20H2,(H,28,33). The van der Waals surface area contributed by atoms with E-state index in [0.717, 1.165) is 44.5 Å². The first-order chi connectivity index (χ1) is 16.7. The Bertz CT molecular complexity index is 1140. The lowest BCUT2D eigenvalue weighted by atomic mass is 10.0. The van der Waals surface area contributed by atoms with Crippen LogP contribution < -0.4 is 5.32 Å². The molecule has 2 aliphatic rings. The second kappa shape index (κ2) is 10.2. The van der Waals surface area contributed by atoms with E-state index in [0.29, 0.717) is 25.3 Å². The molecule has 0 spiro atoms. The maximum atomic E-state index is 13.4. The van der Waals surface area contributed by atoms with Gasteiger partial charge < -0.3 is 10.2 Å². The minimum atomic E-state index is -0.130. The molecule has 34 heavy (non-hydrogen) atoms. The lowest BCUT2D eigenvalue weighted by Crippen LogP contribution is -2.50. The Hall–Kier alpha value is -3.45. The molecule has 0 atom stereocenters. The van der Waals surface area contributed by atoms with Crippen molar-refractivity contribution in [3.63, 3.8) is 0 Å². The van der Waals surface area contributed by atoms with E-state index in [4.69, 9.17) is 5.10 Å². The van der Waals surface area contributed by atoms with Crippen molar-refractivity contribution in [1.29, 1.82) is 0 Å². The highest BCUT2D eigenvalue weighted by Gasteiger charge is 2.32. The molecule has 2 aliphatic heterocycles. The van der Waals surface area contributed by atoms with Crippen molar-refractivity contribution in [1.82, 2.24) is 24.9 Å². The van der Waals surface area contributed by atoms with Gasteiger partial charge >= 0.3 is 0 Å². The fourth-order valence-corrected chi connectivity index (χ4v) is 4.92. The van der Waals surface area contributed by atoms with Crippen molar-refractivity contribution in [2.45, 2.75) is 38.9 Å². The molecule has 2 aromatic carbocycles. The molecule has 3 heterocycles. The van der Waals surface area contributed by atoms with Gasteiger partial charge in [0, 0.05) is 56.9 Å². The van der Waals surface area contributed by atoms with Crippen LogP contribution in [-0.4, -0.2) is 57.6 Å². The normalized spacial score (nSPS) is 16.2. The Morgan fingerprint density at radius 1 is 0.941 bits per heavy atom. The monoisotopic (exact) mass is 457 g/mol. The van der Waals surface area contributed by atoms with Gasteiger partial charge in [0.05, 0.1) is 6.54 Å². The summed E-state index contributed by atoms with van der Waals surface area (Å²) in [7, 11) is 0. The first-order valence-electron chi connectivity index (χ1n) is 12.1. The number of nitrogens with one attached hydrogen (secondary N) is 1. The average molecular weight is 458 g/mol. The molecule has 1 fully saturated rings. The number of carbonyl (C=O) groups is 2. The van der Waals surface area contributed by atoms with E-state index < -0.39 is 0 Å². The van der Waals surface area contributed by atoms with Gasteiger partial charge in [-0.1, -0.05) is 60.7 Å². The van der Waals surface area contributed by atoms with Gasteiger partial charge in [0.2, 0.25) is 5.91 Å². The Kier molecular flexibility index (Phi) is 6.72. The van der Waals surface area contributed by atoms with E-state index in [9.17, 15) is 9.59 Å². The fraction of sp³-hybridized carbons (Fsp3) is 0.370. The number of aryl methyl sites for hydroxylation is 2. The molecular weight excluding hydrogens is 426 g/mol. The second-order valence-electron chi connectivity index (χ2n) is 9.11. The zero-order chi connectivity index (χ0) is 23.3. The number of carbonyl (C=O) groups excluding carboxylic acids is 2. The third-order valence-corrected chi connectivity index (χ3v) is 6.67. The van der Waals surface area contributed by atoms with Gasteiger partial charge in [0.1, 0.15) is 0 Å². The molecule has 1 saturated heterocycles. The Morgan fingerprint density at radius 2 is 1.68 bits per heavy atom. The predicted molar refractivity (Wildman–Crippen MR) is 130 cm³/mol. The van der Waals surface area contributed by atoms with Gasteiger partial charge in [-0.25, -0.2) is 0 Å². The lowest BCUT2D eigenvalue weighted by Gasteiger charge is -2.29. The summed E-state index contributed by atoms with van der Waals surface area (Å²) >= 11 is 0. The lowest BCUT2D eigenvalue weighted by molar-refractivity contribution is -0.123. The van der Waals surface area contributed by atoms with E-state index in [1.807, 2.05) is 12.1 Å². The van der Waals surface area contributed by atoms with Crippen LogP contribution >= 0.6 is 0 Å². The Morgan fingerprint density at radius 3 is 2.41 bits per heavy atom. The number of nitrogens with zero attached hydrogens (tertiary/aromatic N) is 4. The summed E-state index contributed by atoms with van der Waals surface area (Å²) in [5.74, 6) is -0.240. The van der Waals surface area contributed by atoms with Gasteiger partial charge in [-0.2, -0.15) is 5.10 Å². The number of piperazine rings is 1. The van der Waals surface area contributed by atoms with E-state index in [-0.39, 0.29) is 18.4 Å². The highest BCUT2D eigenvalue weighted by molar-refractivity contribution is 5.97. The number of amides is 2. The van der Waals surface area contributed by atoms with Crippen LogP contribution in [0.25, 0.3) is 0 Å². The SMILES string of the molecule is O=C1CN(C(=O)c2nn(CCCc3ccccc3)c3c2CN(Cc2ccccc2)CC3)CCN1. The third-order valence-electron chi connectivity index (χ3n) is 6.67. The molecule has 3 aromatic rings. The molecule has 0 radical (unpaired) electrons.